The maximum Gasteiger partial charge on any atom is 0.243 e. The van der Waals surface area contributed by atoms with Crippen LogP contribution in [-0.4, -0.2) is 26.6 Å². The van der Waals surface area contributed by atoms with Crippen LogP contribution in [0.4, 0.5) is 5.69 Å². The third-order valence-electron chi connectivity index (χ3n) is 3.43. The number of carbonyl (C=O) groups is 1. The van der Waals surface area contributed by atoms with Gasteiger partial charge in [-0.05, 0) is 38.8 Å². The number of H-pyrrole nitrogens is 1. The van der Waals surface area contributed by atoms with Crippen molar-refractivity contribution in [1.82, 2.24) is 15.2 Å². The topological polar surface area (TPSA) is 96.7 Å². The van der Waals surface area contributed by atoms with Crippen LogP contribution < -0.4 is 11.1 Å². The molecule has 0 aliphatic heterocycles. The molecule has 0 saturated heterocycles. The van der Waals surface area contributed by atoms with Gasteiger partial charge in [0.05, 0.1) is 5.54 Å². The van der Waals surface area contributed by atoms with Crippen LogP contribution in [0.3, 0.4) is 0 Å². The van der Waals surface area contributed by atoms with Crippen molar-refractivity contribution in [3.8, 4) is 11.4 Å². The van der Waals surface area contributed by atoms with E-state index in [1.54, 1.807) is 13.8 Å². The molecule has 0 bridgehead atoms. The Morgan fingerprint density at radius 2 is 2.19 bits per heavy atom. The molecule has 110 valence electrons. The Morgan fingerprint density at radius 3 is 2.86 bits per heavy atom. The van der Waals surface area contributed by atoms with Crippen molar-refractivity contribution in [3.05, 3.63) is 30.1 Å². The second-order valence-corrected chi connectivity index (χ2v) is 6.08. The zero-order valence-corrected chi connectivity index (χ0v) is 12.2. The molecule has 2 aromatic rings. The van der Waals surface area contributed by atoms with E-state index in [0.717, 1.165) is 11.4 Å². The molecule has 0 spiro atoms. The van der Waals surface area contributed by atoms with E-state index < -0.39 is 5.54 Å². The highest BCUT2D eigenvalue weighted by Crippen LogP contribution is 2.38. The van der Waals surface area contributed by atoms with Crippen molar-refractivity contribution in [3.63, 3.8) is 0 Å². The number of aromatic amines is 1. The first-order valence-electron chi connectivity index (χ1n) is 7.06. The summed E-state index contributed by atoms with van der Waals surface area (Å²) >= 11 is 0. The van der Waals surface area contributed by atoms with E-state index in [1.165, 1.54) is 12.8 Å². The first-order chi connectivity index (χ1) is 9.93. The fourth-order valence-electron chi connectivity index (χ4n) is 1.97. The van der Waals surface area contributed by atoms with E-state index in [2.05, 4.69) is 20.5 Å². The number of hydrogen-bond acceptors (Lipinski definition) is 4. The Balaban J connectivity index is 1.80. The quantitative estimate of drug-likeness (QED) is 0.800. The molecule has 0 atom stereocenters. The lowest BCUT2D eigenvalue weighted by molar-refractivity contribution is -0.120. The molecule has 0 unspecified atom stereocenters. The highest BCUT2D eigenvalue weighted by atomic mass is 16.2. The predicted molar refractivity (Wildman–Crippen MR) is 80.7 cm³/mol. The van der Waals surface area contributed by atoms with Gasteiger partial charge in [0.2, 0.25) is 5.91 Å². The number of hydrogen-bond donors (Lipinski definition) is 3. The number of nitrogens with two attached hydrogens (primary N) is 1. The molecule has 1 amide bonds. The van der Waals surface area contributed by atoms with Crippen LogP contribution in [0.1, 0.15) is 38.4 Å². The minimum atomic E-state index is -0.917. The lowest BCUT2D eigenvalue weighted by atomic mass is 10.1. The van der Waals surface area contributed by atoms with Crippen molar-refractivity contribution < 1.29 is 4.79 Å². The SMILES string of the molecule is CC(C)(N)C(=O)Nc1cccc(-c2n[nH]c(C3CC3)n2)c1. The van der Waals surface area contributed by atoms with E-state index in [-0.39, 0.29) is 5.91 Å². The van der Waals surface area contributed by atoms with Gasteiger partial charge in [0, 0.05) is 17.2 Å². The van der Waals surface area contributed by atoms with Crippen LogP contribution >= 0.6 is 0 Å². The molecule has 4 N–H and O–H groups in total. The van der Waals surface area contributed by atoms with Gasteiger partial charge in [-0.15, -0.1) is 0 Å². The van der Waals surface area contributed by atoms with Crippen LogP contribution in [0.25, 0.3) is 11.4 Å². The summed E-state index contributed by atoms with van der Waals surface area (Å²) in [6, 6.07) is 7.45. The molecule has 21 heavy (non-hydrogen) atoms. The van der Waals surface area contributed by atoms with Gasteiger partial charge in [0.25, 0.3) is 0 Å². The van der Waals surface area contributed by atoms with Crippen molar-refractivity contribution >= 4 is 11.6 Å². The van der Waals surface area contributed by atoms with Crippen molar-refractivity contribution in [2.45, 2.75) is 38.1 Å². The fourth-order valence-corrected chi connectivity index (χ4v) is 1.97. The van der Waals surface area contributed by atoms with E-state index >= 15 is 0 Å². The van der Waals surface area contributed by atoms with Gasteiger partial charge in [0.15, 0.2) is 5.82 Å². The second kappa shape index (κ2) is 4.96. The average molecular weight is 285 g/mol. The largest absolute Gasteiger partial charge is 0.324 e. The molecule has 6 heteroatoms. The minimum Gasteiger partial charge on any atom is -0.324 e. The lowest BCUT2D eigenvalue weighted by Gasteiger charge is -2.17. The highest BCUT2D eigenvalue weighted by Gasteiger charge is 2.27. The molecule has 1 fully saturated rings. The predicted octanol–water partition coefficient (Wildman–Crippen LogP) is 2.02. The molecule has 1 aliphatic rings. The smallest absolute Gasteiger partial charge is 0.243 e. The van der Waals surface area contributed by atoms with Gasteiger partial charge in [0.1, 0.15) is 5.82 Å². The van der Waals surface area contributed by atoms with Crippen LogP contribution in [0.5, 0.6) is 0 Å². The molecular weight excluding hydrogens is 266 g/mol. The summed E-state index contributed by atoms with van der Waals surface area (Å²) in [7, 11) is 0. The third-order valence-corrected chi connectivity index (χ3v) is 3.43. The molecule has 1 aromatic heterocycles. The van der Waals surface area contributed by atoms with Crippen LogP contribution in [0.15, 0.2) is 24.3 Å². The highest BCUT2D eigenvalue weighted by molar-refractivity contribution is 5.97. The first-order valence-corrected chi connectivity index (χ1v) is 7.06. The summed E-state index contributed by atoms with van der Waals surface area (Å²) in [5, 5.41) is 10.0. The second-order valence-electron chi connectivity index (χ2n) is 6.08. The molecule has 1 aliphatic carbocycles. The Hall–Kier alpha value is -2.21. The van der Waals surface area contributed by atoms with Gasteiger partial charge < -0.3 is 11.1 Å². The Bertz CT molecular complexity index is 667. The zero-order valence-electron chi connectivity index (χ0n) is 12.2. The number of amides is 1. The van der Waals surface area contributed by atoms with Crippen LogP contribution in [0, 0.1) is 0 Å². The number of rotatable bonds is 4. The Kier molecular flexibility index (Phi) is 3.25. The monoisotopic (exact) mass is 285 g/mol. The summed E-state index contributed by atoms with van der Waals surface area (Å²) in [5.74, 6) is 1.91. The van der Waals surface area contributed by atoms with Crippen LogP contribution in [-0.2, 0) is 4.79 Å². The minimum absolute atomic E-state index is 0.228. The summed E-state index contributed by atoms with van der Waals surface area (Å²) in [5.41, 5.74) is 6.42. The zero-order chi connectivity index (χ0) is 15.0. The maximum absolute atomic E-state index is 11.9. The van der Waals surface area contributed by atoms with Gasteiger partial charge in [-0.2, -0.15) is 5.10 Å². The van der Waals surface area contributed by atoms with Gasteiger partial charge in [-0.25, -0.2) is 4.98 Å². The molecule has 6 nitrogen and oxygen atoms in total. The summed E-state index contributed by atoms with van der Waals surface area (Å²) < 4.78 is 0. The normalized spacial score (nSPS) is 15.0. The number of nitrogens with one attached hydrogen (secondary N) is 2. The number of nitrogens with zero attached hydrogens (tertiary/aromatic N) is 2. The van der Waals surface area contributed by atoms with Crippen molar-refractivity contribution in [2.75, 3.05) is 5.32 Å². The lowest BCUT2D eigenvalue weighted by Crippen LogP contribution is -2.45. The van der Waals surface area contributed by atoms with Gasteiger partial charge in [-0.1, -0.05) is 12.1 Å². The van der Waals surface area contributed by atoms with Crippen molar-refractivity contribution in [1.29, 1.82) is 0 Å². The maximum atomic E-state index is 11.9. The van der Waals surface area contributed by atoms with E-state index in [0.29, 0.717) is 17.4 Å². The molecule has 1 saturated carbocycles. The Morgan fingerprint density at radius 1 is 1.43 bits per heavy atom. The molecule has 0 radical (unpaired) electrons. The van der Waals surface area contributed by atoms with E-state index in [4.69, 9.17) is 5.73 Å². The number of benzene rings is 1. The summed E-state index contributed by atoms with van der Waals surface area (Å²) in [4.78, 5) is 16.4. The Labute approximate surface area is 123 Å². The van der Waals surface area contributed by atoms with Crippen LogP contribution in [0.2, 0.25) is 0 Å². The number of anilines is 1. The van der Waals surface area contributed by atoms with Gasteiger partial charge in [-0.3, -0.25) is 9.89 Å². The van der Waals surface area contributed by atoms with E-state index in [9.17, 15) is 4.79 Å². The van der Waals surface area contributed by atoms with Crippen molar-refractivity contribution in [2.24, 2.45) is 5.73 Å². The van der Waals surface area contributed by atoms with E-state index in [1.807, 2.05) is 24.3 Å². The molecule has 1 heterocycles. The molecule has 3 rings (SSSR count). The first kappa shape index (κ1) is 13.8. The summed E-state index contributed by atoms with van der Waals surface area (Å²) in [6.07, 6.45) is 2.35. The fraction of sp³-hybridized carbons (Fsp3) is 0.400. The standard InChI is InChI=1S/C15H19N5O/c1-15(2,16)14(21)17-11-5-3-4-10(8-11)13-18-12(19-20-13)9-6-7-9/h3-5,8-9H,6-7,16H2,1-2H3,(H,17,21)(H,18,19,20). The molecular formula is C15H19N5O. The average Bonchev–Trinajstić information content (AvgIpc) is 3.16. The number of aromatic nitrogens is 3. The summed E-state index contributed by atoms with van der Waals surface area (Å²) in [6.45, 7) is 3.34. The van der Waals surface area contributed by atoms with Gasteiger partial charge >= 0.3 is 0 Å². The molecule has 1 aromatic carbocycles. The number of carbonyl (C=O) groups excluding carboxylic acids is 1. The third kappa shape index (κ3) is 3.11.